The van der Waals surface area contributed by atoms with Crippen LogP contribution in [-0.4, -0.2) is 16.8 Å². The van der Waals surface area contributed by atoms with Crippen molar-refractivity contribution in [2.24, 2.45) is 0 Å². The van der Waals surface area contributed by atoms with Crippen molar-refractivity contribution in [1.82, 2.24) is 0 Å². The molecule has 31 heavy (non-hydrogen) atoms. The molecule has 10 heteroatoms. The van der Waals surface area contributed by atoms with Crippen molar-refractivity contribution in [2.45, 2.75) is 6.10 Å². The Balaban J connectivity index is 1.93. The maximum Gasteiger partial charge on any atom is 0.346 e. The van der Waals surface area contributed by atoms with Gasteiger partial charge in [-0.3, -0.25) is 14.9 Å². The highest BCUT2D eigenvalue weighted by atomic mass is 35.5. The molecule has 0 aliphatic heterocycles. The SMILES string of the molecule is O=C(O[C@H](C(=O)Nc1cc(Cl)cc(Cl)c1)c1ccccc1)c1cc(Cl)ccc1[N+](=O)[O-]. The number of benzene rings is 3. The minimum absolute atomic E-state index is 0.104. The summed E-state index contributed by atoms with van der Waals surface area (Å²) in [6.45, 7) is 0. The van der Waals surface area contributed by atoms with Gasteiger partial charge in [-0.15, -0.1) is 0 Å². The average molecular weight is 480 g/mol. The van der Waals surface area contributed by atoms with Crippen molar-refractivity contribution in [3.05, 3.63) is 103 Å². The number of carbonyl (C=O) groups is 2. The predicted molar refractivity (Wildman–Crippen MR) is 118 cm³/mol. The Morgan fingerprint density at radius 1 is 0.903 bits per heavy atom. The third-order valence-corrected chi connectivity index (χ3v) is 4.74. The largest absolute Gasteiger partial charge is 0.443 e. The van der Waals surface area contributed by atoms with E-state index in [1.54, 1.807) is 30.3 Å². The molecule has 0 heterocycles. The Bertz CT molecular complexity index is 1130. The quantitative estimate of drug-likeness (QED) is 0.262. The summed E-state index contributed by atoms with van der Waals surface area (Å²) in [5, 5.41) is 14.6. The molecule has 0 aromatic heterocycles. The number of ether oxygens (including phenoxy) is 1. The molecule has 0 saturated heterocycles. The van der Waals surface area contributed by atoms with Crippen LogP contribution in [0, 0.1) is 10.1 Å². The number of hydrogen-bond donors (Lipinski definition) is 1. The Hall–Kier alpha value is -3.13. The second kappa shape index (κ2) is 9.78. The topological polar surface area (TPSA) is 98.5 Å². The van der Waals surface area contributed by atoms with Gasteiger partial charge in [0, 0.05) is 32.4 Å². The van der Waals surface area contributed by atoms with E-state index in [0.717, 1.165) is 12.1 Å². The minimum atomic E-state index is -1.41. The summed E-state index contributed by atoms with van der Waals surface area (Å²) in [4.78, 5) is 36.3. The Morgan fingerprint density at radius 3 is 2.16 bits per heavy atom. The first-order chi connectivity index (χ1) is 14.7. The normalized spacial score (nSPS) is 11.5. The van der Waals surface area contributed by atoms with Gasteiger partial charge in [-0.2, -0.15) is 0 Å². The zero-order valence-electron chi connectivity index (χ0n) is 15.6. The third kappa shape index (κ3) is 5.73. The highest BCUT2D eigenvalue weighted by molar-refractivity contribution is 6.35. The fraction of sp³-hybridized carbons (Fsp3) is 0.0476. The van der Waals surface area contributed by atoms with Gasteiger partial charge in [-0.1, -0.05) is 65.1 Å². The van der Waals surface area contributed by atoms with Crippen LogP contribution in [0.4, 0.5) is 11.4 Å². The number of anilines is 1. The monoisotopic (exact) mass is 478 g/mol. The van der Waals surface area contributed by atoms with E-state index in [2.05, 4.69) is 5.32 Å². The van der Waals surface area contributed by atoms with Crippen molar-refractivity contribution in [2.75, 3.05) is 5.32 Å². The second-order valence-corrected chi connectivity index (χ2v) is 7.57. The van der Waals surface area contributed by atoms with Crippen molar-refractivity contribution in [1.29, 1.82) is 0 Å². The number of carbonyl (C=O) groups excluding carboxylic acids is 2. The first kappa shape index (κ1) is 22.6. The summed E-state index contributed by atoms with van der Waals surface area (Å²) in [6, 6.07) is 16.1. The second-order valence-electron chi connectivity index (χ2n) is 6.26. The fourth-order valence-electron chi connectivity index (χ4n) is 2.74. The van der Waals surface area contributed by atoms with E-state index in [0.29, 0.717) is 15.6 Å². The number of nitrogens with zero attached hydrogens (tertiary/aromatic N) is 1. The van der Waals surface area contributed by atoms with Crippen LogP contribution in [0.25, 0.3) is 0 Å². The lowest BCUT2D eigenvalue weighted by atomic mass is 10.1. The Kier molecular flexibility index (Phi) is 7.12. The molecule has 0 radical (unpaired) electrons. The average Bonchev–Trinajstić information content (AvgIpc) is 2.71. The molecule has 0 spiro atoms. The smallest absolute Gasteiger partial charge is 0.346 e. The van der Waals surface area contributed by atoms with Crippen LogP contribution in [0.15, 0.2) is 66.7 Å². The van der Waals surface area contributed by atoms with E-state index in [-0.39, 0.29) is 16.3 Å². The van der Waals surface area contributed by atoms with Gasteiger partial charge in [0.25, 0.3) is 11.6 Å². The van der Waals surface area contributed by atoms with Gasteiger partial charge in [-0.25, -0.2) is 4.79 Å². The van der Waals surface area contributed by atoms with E-state index < -0.39 is 28.6 Å². The van der Waals surface area contributed by atoms with Gasteiger partial charge in [0.1, 0.15) is 5.56 Å². The van der Waals surface area contributed by atoms with Crippen molar-refractivity contribution >= 4 is 58.1 Å². The summed E-state index contributed by atoms with van der Waals surface area (Å²) in [5.41, 5.74) is -0.236. The fourth-order valence-corrected chi connectivity index (χ4v) is 3.43. The maximum atomic E-state index is 13.0. The van der Waals surface area contributed by atoms with E-state index in [9.17, 15) is 19.7 Å². The van der Waals surface area contributed by atoms with Crippen molar-refractivity contribution in [3.8, 4) is 0 Å². The summed E-state index contributed by atoms with van der Waals surface area (Å²) >= 11 is 17.8. The van der Waals surface area contributed by atoms with Gasteiger partial charge in [0.15, 0.2) is 0 Å². The molecule has 0 bridgehead atoms. The molecule has 158 valence electrons. The molecule has 0 saturated carbocycles. The Labute approximate surface area is 191 Å². The van der Waals surface area contributed by atoms with Crippen molar-refractivity contribution in [3.63, 3.8) is 0 Å². The number of nitro benzene ring substituents is 1. The van der Waals surface area contributed by atoms with Gasteiger partial charge in [0.2, 0.25) is 6.10 Å². The lowest BCUT2D eigenvalue weighted by Crippen LogP contribution is -2.26. The summed E-state index contributed by atoms with van der Waals surface area (Å²) in [5.74, 6) is -1.79. The molecule has 0 unspecified atom stereocenters. The highest BCUT2D eigenvalue weighted by Crippen LogP contribution is 2.28. The van der Waals surface area contributed by atoms with E-state index >= 15 is 0 Å². The summed E-state index contributed by atoms with van der Waals surface area (Å²) in [7, 11) is 0. The number of amides is 1. The van der Waals surface area contributed by atoms with Crippen LogP contribution < -0.4 is 5.32 Å². The molecule has 1 atom stereocenters. The zero-order chi connectivity index (χ0) is 22.5. The molecular weight excluding hydrogens is 467 g/mol. The zero-order valence-corrected chi connectivity index (χ0v) is 17.8. The number of nitrogens with one attached hydrogen (secondary N) is 1. The number of hydrogen-bond acceptors (Lipinski definition) is 5. The maximum absolute atomic E-state index is 13.0. The lowest BCUT2D eigenvalue weighted by molar-refractivity contribution is -0.385. The first-order valence-electron chi connectivity index (χ1n) is 8.71. The summed E-state index contributed by atoms with van der Waals surface area (Å²) < 4.78 is 5.38. The van der Waals surface area contributed by atoms with Gasteiger partial charge in [0.05, 0.1) is 4.92 Å². The van der Waals surface area contributed by atoms with E-state index in [1.165, 1.54) is 24.3 Å². The molecule has 0 aliphatic carbocycles. The molecule has 1 N–H and O–H groups in total. The van der Waals surface area contributed by atoms with E-state index in [4.69, 9.17) is 39.5 Å². The first-order valence-corrected chi connectivity index (χ1v) is 9.85. The van der Waals surface area contributed by atoms with Gasteiger partial charge >= 0.3 is 5.97 Å². The number of halogens is 3. The molecule has 3 rings (SSSR count). The van der Waals surface area contributed by atoms with E-state index in [1.807, 2.05) is 0 Å². The standard InChI is InChI=1S/C21H13Cl3N2O5/c22-13-6-7-18(26(29)30)17(11-13)21(28)31-19(12-4-2-1-3-5-12)20(27)25-16-9-14(23)8-15(24)10-16/h1-11,19H,(H,25,27)/t19-/m0/s1. The van der Waals surface area contributed by atoms with Crippen LogP contribution in [0.1, 0.15) is 22.0 Å². The number of rotatable bonds is 6. The lowest BCUT2D eigenvalue weighted by Gasteiger charge is -2.18. The Morgan fingerprint density at radius 2 is 1.55 bits per heavy atom. The molecular formula is C21H13Cl3N2O5. The van der Waals surface area contributed by atoms with Crippen molar-refractivity contribution < 1.29 is 19.2 Å². The third-order valence-electron chi connectivity index (χ3n) is 4.07. The minimum Gasteiger partial charge on any atom is -0.443 e. The predicted octanol–water partition coefficient (Wildman–Crippen LogP) is 6.09. The molecule has 0 fully saturated rings. The van der Waals surface area contributed by atoms with Crippen LogP contribution in [0.5, 0.6) is 0 Å². The molecule has 3 aromatic rings. The van der Waals surface area contributed by atoms with Crippen LogP contribution in [0.2, 0.25) is 15.1 Å². The summed E-state index contributed by atoms with van der Waals surface area (Å²) in [6.07, 6.45) is -1.41. The molecule has 1 amide bonds. The molecule has 0 aliphatic rings. The van der Waals surface area contributed by atoms with Crippen LogP contribution in [0.3, 0.4) is 0 Å². The van der Waals surface area contributed by atoms with Gasteiger partial charge < -0.3 is 10.1 Å². The van der Waals surface area contributed by atoms with Crippen LogP contribution in [-0.2, 0) is 9.53 Å². The van der Waals surface area contributed by atoms with Gasteiger partial charge in [-0.05, 0) is 30.3 Å². The van der Waals surface area contributed by atoms with Crippen LogP contribution >= 0.6 is 34.8 Å². The number of esters is 1. The molecule has 7 nitrogen and oxygen atoms in total. The molecule has 3 aromatic carbocycles. The highest BCUT2D eigenvalue weighted by Gasteiger charge is 2.29. The number of nitro groups is 1.